The van der Waals surface area contributed by atoms with Crippen molar-refractivity contribution in [1.82, 2.24) is 9.78 Å². The van der Waals surface area contributed by atoms with E-state index in [1.54, 1.807) is 35.3 Å². The number of carbonyl (C=O) groups is 1. The smallest absolute Gasteiger partial charge is 0.337 e. The van der Waals surface area contributed by atoms with E-state index in [-0.39, 0.29) is 5.56 Å². The summed E-state index contributed by atoms with van der Waals surface area (Å²) in [6.45, 7) is 5.00. The van der Waals surface area contributed by atoms with Gasteiger partial charge in [-0.15, -0.1) is 0 Å². The van der Waals surface area contributed by atoms with E-state index >= 15 is 0 Å². The Morgan fingerprint density at radius 2 is 2.03 bits per heavy atom. The highest BCUT2D eigenvalue weighted by molar-refractivity contribution is 6.12. The first-order valence-electron chi connectivity index (χ1n) is 9.62. The maximum absolute atomic E-state index is 12.9. The fourth-order valence-corrected chi connectivity index (χ4v) is 3.26. The lowest BCUT2D eigenvalue weighted by Crippen LogP contribution is -2.15. The van der Waals surface area contributed by atoms with Crippen LogP contribution in [-0.4, -0.2) is 22.3 Å². The van der Waals surface area contributed by atoms with Gasteiger partial charge >= 0.3 is 5.63 Å². The van der Waals surface area contributed by atoms with Crippen LogP contribution in [0.3, 0.4) is 0 Å². The van der Waals surface area contributed by atoms with Gasteiger partial charge in [0, 0.05) is 23.7 Å². The molecule has 0 aliphatic heterocycles. The molecular weight excluding hydrogens is 382 g/mol. The van der Waals surface area contributed by atoms with Crippen molar-refractivity contribution >= 4 is 22.6 Å². The van der Waals surface area contributed by atoms with Crippen molar-refractivity contribution in [3.8, 4) is 5.75 Å². The van der Waals surface area contributed by atoms with Crippen LogP contribution >= 0.6 is 0 Å². The van der Waals surface area contributed by atoms with Gasteiger partial charge in [-0.3, -0.25) is 9.48 Å². The monoisotopic (exact) mass is 403 g/mol. The minimum Gasteiger partial charge on any atom is -0.494 e. The highest BCUT2D eigenvalue weighted by Crippen LogP contribution is 2.23. The Bertz CT molecular complexity index is 1270. The molecule has 2 heterocycles. The van der Waals surface area contributed by atoms with Crippen molar-refractivity contribution in [2.45, 2.75) is 20.4 Å². The summed E-state index contributed by atoms with van der Waals surface area (Å²) in [5.74, 6) is 0.163. The Hall–Kier alpha value is -3.87. The lowest BCUT2D eigenvalue weighted by Gasteiger charge is -2.08. The van der Waals surface area contributed by atoms with Crippen LogP contribution < -0.4 is 15.7 Å². The highest BCUT2D eigenvalue weighted by Gasteiger charge is 2.15. The van der Waals surface area contributed by atoms with Gasteiger partial charge in [-0.2, -0.15) is 5.10 Å². The molecule has 30 heavy (non-hydrogen) atoms. The van der Waals surface area contributed by atoms with Gasteiger partial charge in [0.1, 0.15) is 11.3 Å². The van der Waals surface area contributed by atoms with Crippen LogP contribution in [0.4, 0.5) is 5.69 Å². The molecule has 0 fully saturated rings. The normalized spacial score (nSPS) is 10.9. The lowest BCUT2D eigenvalue weighted by molar-refractivity contribution is 0.102. The second kappa shape index (κ2) is 8.24. The van der Waals surface area contributed by atoms with Crippen LogP contribution in [0.15, 0.2) is 70.1 Å². The van der Waals surface area contributed by atoms with Crippen molar-refractivity contribution in [3.63, 3.8) is 0 Å². The Balaban J connectivity index is 1.57. The van der Waals surface area contributed by atoms with E-state index in [9.17, 15) is 9.59 Å². The van der Waals surface area contributed by atoms with E-state index in [1.807, 2.05) is 38.1 Å². The molecule has 0 bridgehead atoms. The van der Waals surface area contributed by atoms with E-state index in [1.165, 1.54) is 11.6 Å². The van der Waals surface area contributed by atoms with Gasteiger partial charge in [0.2, 0.25) is 0 Å². The number of ether oxygens (including phenoxy) is 1. The number of hydrogen-bond acceptors (Lipinski definition) is 5. The fourth-order valence-electron chi connectivity index (χ4n) is 3.26. The number of amides is 1. The van der Waals surface area contributed by atoms with Crippen LogP contribution in [0.2, 0.25) is 0 Å². The number of hydrogen-bond donors (Lipinski definition) is 1. The van der Waals surface area contributed by atoms with Gasteiger partial charge in [-0.25, -0.2) is 4.79 Å². The topological polar surface area (TPSA) is 86.4 Å². The number of nitrogens with one attached hydrogen (secondary N) is 1. The van der Waals surface area contributed by atoms with E-state index in [2.05, 4.69) is 10.4 Å². The largest absolute Gasteiger partial charge is 0.494 e. The summed E-state index contributed by atoms with van der Waals surface area (Å²) in [6.07, 6.45) is 3.34. The summed E-state index contributed by atoms with van der Waals surface area (Å²) in [7, 11) is 0. The van der Waals surface area contributed by atoms with Crippen molar-refractivity contribution in [2.24, 2.45) is 0 Å². The van der Waals surface area contributed by atoms with E-state index in [0.29, 0.717) is 35.6 Å². The molecule has 7 nitrogen and oxygen atoms in total. The van der Waals surface area contributed by atoms with Crippen LogP contribution in [0.1, 0.15) is 28.4 Å². The summed E-state index contributed by atoms with van der Waals surface area (Å²) >= 11 is 0. The Kier molecular flexibility index (Phi) is 5.34. The summed E-state index contributed by atoms with van der Waals surface area (Å²) in [6, 6.07) is 14.3. The first-order valence-corrected chi connectivity index (χ1v) is 9.62. The van der Waals surface area contributed by atoms with Gasteiger partial charge in [0.05, 0.1) is 30.6 Å². The third kappa shape index (κ3) is 4.10. The molecule has 152 valence electrons. The number of rotatable bonds is 6. The first kappa shape index (κ1) is 19.4. The molecule has 0 spiro atoms. The summed E-state index contributed by atoms with van der Waals surface area (Å²) < 4.78 is 12.4. The van der Waals surface area contributed by atoms with Gasteiger partial charge in [0.15, 0.2) is 0 Å². The minimum atomic E-state index is -0.600. The predicted octanol–water partition coefficient (Wildman–Crippen LogP) is 4.00. The van der Waals surface area contributed by atoms with Crippen molar-refractivity contribution in [1.29, 1.82) is 0 Å². The average molecular weight is 403 g/mol. The molecule has 4 rings (SSSR count). The molecule has 4 aromatic rings. The van der Waals surface area contributed by atoms with Crippen molar-refractivity contribution in [3.05, 3.63) is 88.0 Å². The number of aromatic nitrogens is 2. The third-order valence-electron chi connectivity index (χ3n) is 4.76. The average Bonchev–Trinajstić information content (AvgIpc) is 3.16. The molecule has 2 aromatic carbocycles. The van der Waals surface area contributed by atoms with E-state index < -0.39 is 11.5 Å². The standard InChI is InChI=1S/C23H21N3O4/c1-3-29-18-8-9-19-20(11-22(27)30-21(19)10-18)23(28)25-17-12-24-26(14-17)13-16-7-5-4-6-15(16)2/h4-12,14H,3,13H2,1-2H3,(H,25,28). The maximum Gasteiger partial charge on any atom is 0.337 e. The molecule has 2 aromatic heterocycles. The number of carbonyl (C=O) groups excluding carboxylic acids is 1. The summed E-state index contributed by atoms with van der Waals surface area (Å²) in [5, 5.41) is 7.65. The van der Waals surface area contributed by atoms with E-state index in [0.717, 1.165) is 5.56 Å². The molecular formula is C23H21N3O4. The zero-order valence-electron chi connectivity index (χ0n) is 16.7. The Labute approximate surface area is 172 Å². The number of fused-ring (bicyclic) bond motifs is 1. The predicted molar refractivity (Wildman–Crippen MR) is 114 cm³/mol. The number of nitrogens with zero attached hydrogens (tertiary/aromatic N) is 2. The van der Waals surface area contributed by atoms with Crippen LogP contribution in [0, 0.1) is 6.92 Å². The number of anilines is 1. The van der Waals surface area contributed by atoms with Crippen LogP contribution in [0.25, 0.3) is 11.0 Å². The third-order valence-corrected chi connectivity index (χ3v) is 4.76. The molecule has 0 saturated carbocycles. The summed E-state index contributed by atoms with van der Waals surface area (Å²) in [5.41, 5.74) is 2.80. The quantitative estimate of drug-likeness (QED) is 0.492. The molecule has 0 radical (unpaired) electrons. The maximum atomic E-state index is 12.9. The number of aryl methyl sites for hydroxylation is 1. The Morgan fingerprint density at radius 3 is 2.83 bits per heavy atom. The van der Waals surface area contributed by atoms with E-state index in [4.69, 9.17) is 9.15 Å². The van der Waals surface area contributed by atoms with Gasteiger partial charge in [-0.1, -0.05) is 24.3 Å². The van der Waals surface area contributed by atoms with Gasteiger partial charge in [0.25, 0.3) is 5.91 Å². The minimum absolute atomic E-state index is 0.232. The molecule has 1 amide bonds. The molecule has 0 saturated heterocycles. The van der Waals surface area contributed by atoms with Crippen molar-refractivity contribution < 1.29 is 13.9 Å². The molecule has 1 N–H and O–H groups in total. The van der Waals surface area contributed by atoms with Crippen LogP contribution in [0.5, 0.6) is 5.75 Å². The zero-order valence-corrected chi connectivity index (χ0v) is 16.7. The van der Waals surface area contributed by atoms with Gasteiger partial charge < -0.3 is 14.5 Å². The lowest BCUT2D eigenvalue weighted by atomic mass is 10.1. The first-order chi connectivity index (χ1) is 14.5. The van der Waals surface area contributed by atoms with Crippen LogP contribution in [-0.2, 0) is 6.54 Å². The Morgan fingerprint density at radius 1 is 1.20 bits per heavy atom. The highest BCUT2D eigenvalue weighted by atomic mass is 16.5. The molecule has 0 atom stereocenters. The number of benzene rings is 2. The molecule has 0 aliphatic rings. The second-order valence-electron chi connectivity index (χ2n) is 6.88. The second-order valence-corrected chi connectivity index (χ2v) is 6.88. The summed E-state index contributed by atoms with van der Waals surface area (Å²) in [4.78, 5) is 24.8. The fraction of sp³-hybridized carbons (Fsp3) is 0.174. The SMILES string of the molecule is CCOc1ccc2c(C(=O)Nc3cnn(Cc4ccccc4C)c3)cc(=O)oc2c1. The van der Waals surface area contributed by atoms with Gasteiger partial charge in [-0.05, 0) is 37.1 Å². The van der Waals surface area contributed by atoms with Crippen molar-refractivity contribution in [2.75, 3.05) is 11.9 Å². The molecule has 0 unspecified atom stereocenters. The zero-order chi connectivity index (χ0) is 21.1. The molecule has 7 heteroatoms. The molecule has 0 aliphatic carbocycles.